The molecule has 1 aromatic heterocycles. The zero-order valence-corrected chi connectivity index (χ0v) is 12.1. The molecule has 1 aromatic rings. The summed E-state index contributed by atoms with van der Waals surface area (Å²) in [5.41, 5.74) is 0.524. The highest BCUT2D eigenvalue weighted by atomic mass is 35.5. The van der Waals surface area contributed by atoms with Crippen LogP contribution in [0.4, 0.5) is 0 Å². The van der Waals surface area contributed by atoms with Crippen molar-refractivity contribution in [2.24, 2.45) is 0 Å². The summed E-state index contributed by atoms with van der Waals surface area (Å²) in [5, 5.41) is 12.7. The van der Waals surface area contributed by atoms with Crippen LogP contribution in [0.3, 0.4) is 0 Å². The van der Waals surface area contributed by atoms with E-state index in [4.69, 9.17) is 11.6 Å². The lowest BCUT2D eigenvalue weighted by Crippen LogP contribution is -2.37. The molecule has 2 N–H and O–H groups in total. The van der Waals surface area contributed by atoms with Crippen molar-refractivity contribution in [3.05, 3.63) is 29.0 Å². The normalized spacial score (nSPS) is 17.1. The van der Waals surface area contributed by atoms with E-state index in [2.05, 4.69) is 15.2 Å². The van der Waals surface area contributed by atoms with E-state index in [0.717, 1.165) is 38.9 Å². The van der Waals surface area contributed by atoms with Gasteiger partial charge in [0.25, 0.3) is 5.91 Å². The molecular formula is C14H20ClN3O2. The van der Waals surface area contributed by atoms with Gasteiger partial charge in [-0.15, -0.1) is 0 Å². The zero-order valence-electron chi connectivity index (χ0n) is 11.4. The molecule has 1 saturated heterocycles. The number of halogens is 1. The number of aliphatic hydroxyl groups excluding tert-OH is 1. The Morgan fingerprint density at radius 3 is 2.85 bits per heavy atom. The number of aromatic nitrogens is 1. The minimum Gasteiger partial charge on any atom is -0.393 e. The van der Waals surface area contributed by atoms with Gasteiger partial charge in [0.05, 0.1) is 11.7 Å². The largest absolute Gasteiger partial charge is 0.393 e. The van der Waals surface area contributed by atoms with Gasteiger partial charge in [-0.25, -0.2) is 4.98 Å². The number of nitrogens with one attached hydrogen (secondary N) is 1. The van der Waals surface area contributed by atoms with Gasteiger partial charge < -0.3 is 15.3 Å². The molecule has 2 rings (SSSR count). The van der Waals surface area contributed by atoms with Crippen LogP contribution in [0.2, 0.25) is 5.15 Å². The third-order valence-corrected chi connectivity index (χ3v) is 3.71. The summed E-state index contributed by atoms with van der Waals surface area (Å²) in [6.45, 7) is 3.47. The van der Waals surface area contributed by atoms with Gasteiger partial charge in [0, 0.05) is 25.8 Å². The maximum Gasteiger partial charge on any atom is 0.252 e. The fourth-order valence-corrected chi connectivity index (χ4v) is 2.37. The molecule has 1 fully saturated rings. The molecule has 0 bridgehead atoms. The topological polar surface area (TPSA) is 65.5 Å². The lowest BCUT2D eigenvalue weighted by molar-refractivity contribution is 0.0816. The lowest BCUT2D eigenvalue weighted by atomic mass is 10.1. The molecule has 0 radical (unpaired) electrons. The van der Waals surface area contributed by atoms with Crippen molar-refractivity contribution in [1.82, 2.24) is 15.2 Å². The third kappa shape index (κ3) is 4.74. The number of hydrogen-bond acceptors (Lipinski definition) is 4. The molecule has 0 aromatic carbocycles. The molecule has 20 heavy (non-hydrogen) atoms. The van der Waals surface area contributed by atoms with Crippen LogP contribution in [0.5, 0.6) is 0 Å². The van der Waals surface area contributed by atoms with Crippen LogP contribution in [0.15, 0.2) is 18.3 Å². The van der Waals surface area contributed by atoms with E-state index in [0.29, 0.717) is 17.3 Å². The van der Waals surface area contributed by atoms with Crippen LogP contribution in [0, 0.1) is 0 Å². The van der Waals surface area contributed by atoms with E-state index in [1.807, 2.05) is 0 Å². The number of nitrogens with zero attached hydrogens (tertiary/aromatic N) is 2. The van der Waals surface area contributed by atoms with Crippen molar-refractivity contribution in [3.8, 4) is 0 Å². The van der Waals surface area contributed by atoms with Crippen LogP contribution in [0.25, 0.3) is 0 Å². The minimum atomic E-state index is -0.136. The summed E-state index contributed by atoms with van der Waals surface area (Å²) >= 11 is 5.67. The van der Waals surface area contributed by atoms with Gasteiger partial charge in [-0.3, -0.25) is 4.79 Å². The average Bonchev–Trinajstić information content (AvgIpc) is 2.46. The van der Waals surface area contributed by atoms with Crippen LogP contribution >= 0.6 is 11.6 Å². The Kier molecular flexibility index (Phi) is 5.76. The van der Waals surface area contributed by atoms with E-state index in [-0.39, 0.29) is 12.0 Å². The van der Waals surface area contributed by atoms with Gasteiger partial charge in [0.1, 0.15) is 5.15 Å². The van der Waals surface area contributed by atoms with Crippen LogP contribution in [0.1, 0.15) is 29.6 Å². The second-order valence-corrected chi connectivity index (χ2v) is 5.44. The van der Waals surface area contributed by atoms with Gasteiger partial charge in [-0.2, -0.15) is 0 Å². The maximum absolute atomic E-state index is 11.8. The van der Waals surface area contributed by atoms with Gasteiger partial charge in [0.15, 0.2) is 0 Å². The summed E-state index contributed by atoms with van der Waals surface area (Å²) in [6, 6.07) is 3.27. The number of amides is 1. The Hall–Kier alpha value is -1.17. The summed E-state index contributed by atoms with van der Waals surface area (Å²) in [7, 11) is 0. The first-order valence-corrected chi connectivity index (χ1v) is 7.33. The fraction of sp³-hybridized carbons (Fsp3) is 0.571. The first-order chi connectivity index (χ1) is 9.65. The third-order valence-electron chi connectivity index (χ3n) is 3.48. The van der Waals surface area contributed by atoms with E-state index < -0.39 is 0 Å². The van der Waals surface area contributed by atoms with Crippen molar-refractivity contribution in [3.63, 3.8) is 0 Å². The van der Waals surface area contributed by atoms with E-state index >= 15 is 0 Å². The molecule has 6 heteroatoms. The molecule has 1 aliphatic rings. The smallest absolute Gasteiger partial charge is 0.252 e. The first-order valence-electron chi connectivity index (χ1n) is 6.95. The van der Waals surface area contributed by atoms with E-state index in [9.17, 15) is 9.90 Å². The van der Waals surface area contributed by atoms with Gasteiger partial charge in [-0.05, 0) is 37.9 Å². The van der Waals surface area contributed by atoms with E-state index in [1.165, 1.54) is 6.20 Å². The molecule has 0 atom stereocenters. The second-order valence-electron chi connectivity index (χ2n) is 5.05. The fourth-order valence-electron chi connectivity index (χ4n) is 2.26. The predicted molar refractivity (Wildman–Crippen MR) is 77.9 cm³/mol. The average molecular weight is 298 g/mol. The zero-order chi connectivity index (χ0) is 14.4. The highest BCUT2D eigenvalue weighted by molar-refractivity contribution is 6.29. The molecule has 0 spiro atoms. The molecular weight excluding hydrogens is 278 g/mol. The van der Waals surface area contributed by atoms with Crippen LogP contribution < -0.4 is 5.32 Å². The van der Waals surface area contributed by atoms with Crippen molar-refractivity contribution in [2.45, 2.75) is 25.4 Å². The van der Waals surface area contributed by atoms with Crippen LogP contribution in [-0.2, 0) is 0 Å². The van der Waals surface area contributed by atoms with Crippen molar-refractivity contribution >= 4 is 17.5 Å². The SMILES string of the molecule is O=C(NCCCN1CCC(O)CC1)c1ccc(Cl)nc1. The molecule has 1 aliphatic heterocycles. The summed E-state index contributed by atoms with van der Waals surface area (Å²) in [5.74, 6) is -0.122. The quantitative estimate of drug-likeness (QED) is 0.635. The number of rotatable bonds is 5. The molecule has 0 unspecified atom stereocenters. The monoisotopic (exact) mass is 297 g/mol. The molecule has 0 saturated carbocycles. The summed E-state index contributed by atoms with van der Waals surface area (Å²) < 4.78 is 0. The molecule has 110 valence electrons. The van der Waals surface area contributed by atoms with Crippen LogP contribution in [-0.4, -0.2) is 53.2 Å². The highest BCUT2D eigenvalue weighted by Crippen LogP contribution is 2.09. The number of carbonyl (C=O) groups is 1. The van der Waals surface area contributed by atoms with Crippen molar-refractivity contribution < 1.29 is 9.90 Å². The number of likely N-dealkylation sites (tertiary alicyclic amines) is 1. The highest BCUT2D eigenvalue weighted by Gasteiger charge is 2.16. The lowest BCUT2D eigenvalue weighted by Gasteiger charge is -2.29. The Morgan fingerprint density at radius 1 is 1.45 bits per heavy atom. The first kappa shape index (κ1) is 15.2. The maximum atomic E-state index is 11.8. The molecule has 1 amide bonds. The molecule has 0 aliphatic carbocycles. The summed E-state index contributed by atoms with van der Waals surface area (Å²) in [6.07, 6.45) is 3.95. The Balaban J connectivity index is 1.63. The molecule has 5 nitrogen and oxygen atoms in total. The summed E-state index contributed by atoms with van der Waals surface area (Å²) in [4.78, 5) is 18.0. The second kappa shape index (κ2) is 7.57. The molecule has 2 heterocycles. The predicted octanol–water partition coefficient (Wildman–Crippen LogP) is 1.31. The number of hydrogen-bond donors (Lipinski definition) is 2. The van der Waals surface area contributed by atoms with Gasteiger partial charge >= 0.3 is 0 Å². The number of aliphatic hydroxyl groups is 1. The van der Waals surface area contributed by atoms with E-state index in [1.54, 1.807) is 12.1 Å². The van der Waals surface area contributed by atoms with Gasteiger partial charge in [-0.1, -0.05) is 11.6 Å². The Bertz CT molecular complexity index is 431. The number of piperidine rings is 1. The number of pyridine rings is 1. The Labute approximate surface area is 123 Å². The Morgan fingerprint density at radius 2 is 2.20 bits per heavy atom. The van der Waals surface area contributed by atoms with Crippen molar-refractivity contribution in [2.75, 3.05) is 26.2 Å². The minimum absolute atomic E-state index is 0.122. The standard InChI is InChI=1S/C14H20ClN3O2/c15-13-3-2-11(10-17-13)14(20)16-6-1-7-18-8-4-12(19)5-9-18/h2-3,10,12,19H,1,4-9H2,(H,16,20). The number of carbonyl (C=O) groups excluding carboxylic acids is 1. The van der Waals surface area contributed by atoms with Crippen molar-refractivity contribution in [1.29, 1.82) is 0 Å². The van der Waals surface area contributed by atoms with Gasteiger partial charge in [0.2, 0.25) is 0 Å².